The van der Waals surface area contributed by atoms with Gasteiger partial charge in [-0.1, -0.05) is 12.0 Å². The second-order valence-electron chi connectivity index (χ2n) is 2.17. The van der Waals surface area contributed by atoms with Crippen molar-refractivity contribution in [3.63, 3.8) is 0 Å². The molecule has 0 radical (unpaired) electrons. The minimum atomic E-state index is 0.178. The van der Waals surface area contributed by atoms with Gasteiger partial charge in [0, 0.05) is 6.42 Å². The molecule has 0 spiro atoms. The van der Waals surface area contributed by atoms with Gasteiger partial charge in [-0.05, 0) is 26.3 Å². The molecule has 0 saturated heterocycles. The van der Waals surface area contributed by atoms with Crippen LogP contribution in [-0.2, 0) is 4.79 Å². The lowest BCUT2D eigenvalue weighted by Crippen LogP contribution is -1.85. The second kappa shape index (κ2) is 4.81. The molecule has 1 nitrogen and oxygen atoms in total. The molecule has 10 heavy (non-hydrogen) atoms. The molecule has 54 valence electrons. The summed E-state index contributed by atoms with van der Waals surface area (Å²) in [5.74, 6) is 5.80. The van der Waals surface area contributed by atoms with Crippen LogP contribution in [0.2, 0.25) is 0 Å². The lowest BCUT2D eigenvalue weighted by molar-refractivity contribution is -0.116. The molecular weight excluding hydrogens is 124 g/mol. The number of hydrogen-bond donors (Lipinski definition) is 0. The van der Waals surface area contributed by atoms with Crippen molar-refractivity contribution in [3.05, 3.63) is 11.6 Å². The maximum Gasteiger partial charge on any atom is 0.133 e. The Morgan fingerprint density at radius 3 is 2.50 bits per heavy atom. The first-order chi connectivity index (χ1) is 4.66. The van der Waals surface area contributed by atoms with Crippen LogP contribution in [0.1, 0.15) is 27.2 Å². The van der Waals surface area contributed by atoms with Gasteiger partial charge < -0.3 is 0 Å². The molecule has 0 bridgehead atoms. The number of Topliss-reactive ketones (excluding diaryl/α,β-unsaturated/α-hetero) is 1. The fraction of sp³-hybridized carbons (Fsp3) is 0.444. The van der Waals surface area contributed by atoms with E-state index in [1.165, 1.54) is 0 Å². The van der Waals surface area contributed by atoms with Crippen molar-refractivity contribution in [1.82, 2.24) is 0 Å². The Bertz CT molecular complexity index is 201. The van der Waals surface area contributed by atoms with Gasteiger partial charge in [0.15, 0.2) is 0 Å². The van der Waals surface area contributed by atoms with Crippen molar-refractivity contribution in [3.8, 4) is 11.8 Å². The first-order valence-corrected chi connectivity index (χ1v) is 3.25. The first kappa shape index (κ1) is 8.97. The number of ketones is 1. The van der Waals surface area contributed by atoms with Crippen LogP contribution in [0.4, 0.5) is 0 Å². The third kappa shape index (κ3) is 5.11. The van der Waals surface area contributed by atoms with E-state index < -0.39 is 0 Å². The van der Waals surface area contributed by atoms with Gasteiger partial charge in [-0.3, -0.25) is 4.79 Å². The van der Waals surface area contributed by atoms with Gasteiger partial charge in [0.2, 0.25) is 0 Å². The molecule has 0 aliphatic rings. The van der Waals surface area contributed by atoms with Crippen LogP contribution in [0.5, 0.6) is 0 Å². The molecule has 1 heteroatoms. The normalized spacial score (nSPS) is 10.1. The zero-order chi connectivity index (χ0) is 7.98. The summed E-state index contributed by atoms with van der Waals surface area (Å²) in [6.45, 7) is 5.26. The van der Waals surface area contributed by atoms with Crippen LogP contribution in [0.3, 0.4) is 0 Å². The highest BCUT2D eigenvalue weighted by atomic mass is 16.1. The summed E-state index contributed by atoms with van der Waals surface area (Å²) in [5.41, 5.74) is 0.970. The van der Waals surface area contributed by atoms with Crippen LogP contribution in [0.25, 0.3) is 0 Å². The van der Waals surface area contributed by atoms with Gasteiger partial charge in [0.05, 0.1) is 0 Å². The molecule has 0 amide bonds. The van der Waals surface area contributed by atoms with E-state index >= 15 is 0 Å². The maximum atomic E-state index is 10.5. The summed E-state index contributed by atoms with van der Waals surface area (Å²) >= 11 is 0. The molecule has 0 rings (SSSR count). The van der Waals surface area contributed by atoms with Crippen LogP contribution in [0, 0.1) is 11.8 Å². The largest absolute Gasteiger partial charge is 0.300 e. The van der Waals surface area contributed by atoms with E-state index in [1.807, 2.05) is 13.0 Å². The summed E-state index contributed by atoms with van der Waals surface area (Å²) in [7, 11) is 0. The molecule has 0 fully saturated rings. The summed E-state index contributed by atoms with van der Waals surface area (Å²) in [5, 5.41) is 0. The van der Waals surface area contributed by atoms with E-state index in [4.69, 9.17) is 0 Å². The first-order valence-electron chi connectivity index (χ1n) is 3.25. The Hall–Kier alpha value is -1.03. The molecule has 0 aromatic heterocycles. The number of carbonyl (C=O) groups excluding carboxylic acids is 1. The summed E-state index contributed by atoms with van der Waals surface area (Å²) < 4.78 is 0. The van der Waals surface area contributed by atoms with E-state index in [9.17, 15) is 4.79 Å². The van der Waals surface area contributed by atoms with E-state index in [-0.39, 0.29) is 5.78 Å². The molecule has 0 N–H and O–H groups in total. The number of carbonyl (C=O) groups is 1. The van der Waals surface area contributed by atoms with E-state index in [2.05, 4.69) is 11.8 Å². The topological polar surface area (TPSA) is 17.1 Å². The van der Waals surface area contributed by atoms with Gasteiger partial charge in [-0.25, -0.2) is 0 Å². The lowest BCUT2D eigenvalue weighted by atomic mass is 10.2. The van der Waals surface area contributed by atoms with Gasteiger partial charge >= 0.3 is 0 Å². The molecule has 0 aromatic rings. The zero-order valence-electron chi connectivity index (χ0n) is 6.69. The van der Waals surface area contributed by atoms with Crippen molar-refractivity contribution < 1.29 is 4.79 Å². The fourth-order valence-corrected chi connectivity index (χ4v) is 0.545. The third-order valence-electron chi connectivity index (χ3n) is 1.02. The highest BCUT2D eigenvalue weighted by Crippen LogP contribution is 1.93. The van der Waals surface area contributed by atoms with E-state index in [1.54, 1.807) is 13.8 Å². The molecule has 0 unspecified atom stereocenters. The lowest BCUT2D eigenvalue weighted by Gasteiger charge is -1.85. The maximum absolute atomic E-state index is 10.5. The SMILES string of the molecule is CC#CC(C)=CCC(C)=O. The van der Waals surface area contributed by atoms with Crippen molar-refractivity contribution >= 4 is 5.78 Å². The van der Waals surface area contributed by atoms with Crippen molar-refractivity contribution in [1.29, 1.82) is 0 Å². The van der Waals surface area contributed by atoms with Crippen molar-refractivity contribution in [2.24, 2.45) is 0 Å². The molecular formula is C9H12O. The Morgan fingerprint density at radius 2 is 2.10 bits per heavy atom. The van der Waals surface area contributed by atoms with Crippen molar-refractivity contribution in [2.75, 3.05) is 0 Å². The quantitative estimate of drug-likeness (QED) is 0.530. The minimum absolute atomic E-state index is 0.178. The average Bonchev–Trinajstić information content (AvgIpc) is 1.85. The van der Waals surface area contributed by atoms with Crippen LogP contribution in [-0.4, -0.2) is 5.78 Å². The Labute approximate surface area is 62.1 Å². The van der Waals surface area contributed by atoms with Gasteiger partial charge in [-0.15, -0.1) is 5.92 Å². The zero-order valence-corrected chi connectivity index (χ0v) is 6.69. The predicted molar refractivity (Wildman–Crippen MR) is 42.5 cm³/mol. The van der Waals surface area contributed by atoms with Gasteiger partial charge in [0.1, 0.15) is 5.78 Å². The molecule has 0 aromatic carbocycles. The van der Waals surface area contributed by atoms with Crippen LogP contribution < -0.4 is 0 Å². The number of allylic oxidation sites excluding steroid dienone is 2. The molecule has 0 aliphatic heterocycles. The number of hydrogen-bond acceptors (Lipinski definition) is 1. The standard InChI is InChI=1S/C9H12O/c1-4-5-8(2)6-7-9(3)10/h6H,7H2,1-3H3. The minimum Gasteiger partial charge on any atom is -0.300 e. The van der Waals surface area contributed by atoms with Crippen molar-refractivity contribution in [2.45, 2.75) is 27.2 Å². The summed E-state index contributed by atoms with van der Waals surface area (Å²) in [6.07, 6.45) is 2.35. The monoisotopic (exact) mass is 136 g/mol. The summed E-state index contributed by atoms with van der Waals surface area (Å²) in [6, 6.07) is 0. The fourth-order valence-electron chi connectivity index (χ4n) is 0.545. The predicted octanol–water partition coefficient (Wildman–Crippen LogP) is 1.94. The Morgan fingerprint density at radius 1 is 1.50 bits per heavy atom. The van der Waals surface area contributed by atoms with Crippen LogP contribution in [0.15, 0.2) is 11.6 Å². The molecule has 0 atom stereocenters. The van der Waals surface area contributed by atoms with Crippen LogP contribution >= 0.6 is 0 Å². The Kier molecular flexibility index (Phi) is 4.32. The Balaban J connectivity index is 3.88. The van der Waals surface area contributed by atoms with Gasteiger partial charge in [-0.2, -0.15) is 0 Å². The molecule has 0 aliphatic carbocycles. The highest BCUT2D eigenvalue weighted by molar-refractivity contribution is 5.77. The smallest absolute Gasteiger partial charge is 0.133 e. The number of rotatable bonds is 2. The van der Waals surface area contributed by atoms with E-state index in [0.29, 0.717) is 6.42 Å². The molecule has 0 heterocycles. The highest BCUT2D eigenvalue weighted by Gasteiger charge is 1.87. The van der Waals surface area contributed by atoms with E-state index in [0.717, 1.165) is 5.57 Å². The average molecular weight is 136 g/mol. The van der Waals surface area contributed by atoms with Gasteiger partial charge in [0.25, 0.3) is 0 Å². The second-order valence-corrected chi connectivity index (χ2v) is 2.17. The third-order valence-corrected chi connectivity index (χ3v) is 1.02. The molecule has 0 saturated carbocycles. The summed E-state index contributed by atoms with van der Waals surface area (Å²) in [4.78, 5) is 10.5.